The van der Waals surface area contributed by atoms with Gasteiger partial charge in [0.25, 0.3) is 5.91 Å². The van der Waals surface area contributed by atoms with Gasteiger partial charge in [0.1, 0.15) is 5.75 Å². The van der Waals surface area contributed by atoms with Gasteiger partial charge in [-0.3, -0.25) is 9.59 Å². The van der Waals surface area contributed by atoms with Crippen LogP contribution >= 0.6 is 0 Å². The number of esters is 1. The highest BCUT2D eigenvalue weighted by atomic mass is 16.5. The number of carbonyl (C=O) groups is 2. The fourth-order valence-corrected chi connectivity index (χ4v) is 2.43. The molecule has 0 fully saturated rings. The van der Waals surface area contributed by atoms with Crippen molar-refractivity contribution in [3.8, 4) is 5.75 Å². The van der Waals surface area contributed by atoms with Crippen molar-refractivity contribution in [3.05, 3.63) is 60.2 Å². The molecule has 0 radical (unpaired) electrons. The van der Waals surface area contributed by atoms with Crippen molar-refractivity contribution < 1.29 is 19.1 Å². The van der Waals surface area contributed by atoms with Crippen LogP contribution in [0.4, 0.5) is 5.69 Å². The van der Waals surface area contributed by atoms with E-state index in [-0.39, 0.29) is 12.3 Å². The van der Waals surface area contributed by atoms with Crippen molar-refractivity contribution in [2.45, 2.75) is 32.3 Å². The van der Waals surface area contributed by atoms with Gasteiger partial charge in [0.05, 0.1) is 19.2 Å². The highest BCUT2D eigenvalue weighted by Gasteiger charge is 2.20. The summed E-state index contributed by atoms with van der Waals surface area (Å²) < 4.78 is 10.4. The molecule has 0 spiro atoms. The van der Waals surface area contributed by atoms with Gasteiger partial charge in [0, 0.05) is 0 Å². The maximum Gasteiger partial charge on any atom is 0.307 e. The largest absolute Gasteiger partial charge is 0.495 e. The number of para-hydroxylation sites is 2. The Morgan fingerprint density at radius 1 is 1.00 bits per heavy atom. The first kappa shape index (κ1) is 18.5. The number of hydrogen-bond donors (Lipinski definition) is 1. The van der Waals surface area contributed by atoms with Crippen LogP contribution in [0.3, 0.4) is 0 Å². The van der Waals surface area contributed by atoms with E-state index in [0.717, 1.165) is 5.56 Å². The van der Waals surface area contributed by atoms with Crippen molar-refractivity contribution in [2.75, 3.05) is 12.4 Å². The first-order valence-corrected chi connectivity index (χ1v) is 8.19. The average Bonchev–Trinajstić information content (AvgIpc) is 2.62. The molecule has 2 aromatic rings. The topological polar surface area (TPSA) is 64.6 Å². The van der Waals surface area contributed by atoms with Crippen molar-refractivity contribution in [1.82, 2.24) is 0 Å². The number of benzene rings is 2. The van der Waals surface area contributed by atoms with Crippen molar-refractivity contribution in [3.63, 3.8) is 0 Å². The molecule has 0 aliphatic rings. The van der Waals surface area contributed by atoms with E-state index in [2.05, 4.69) is 5.32 Å². The highest BCUT2D eigenvalue weighted by Crippen LogP contribution is 2.23. The molecule has 2 atom stereocenters. The Morgan fingerprint density at radius 2 is 1.64 bits per heavy atom. The van der Waals surface area contributed by atoms with Gasteiger partial charge in [-0.05, 0) is 30.5 Å². The molecular formula is C20H23NO4. The third-order valence-corrected chi connectivity index (χ3v) is 3.88. The lowest BCUT2D eigenvalue weighted by molar-refractivity contribution is -0.153. The second-order valence-electron chi connectivity index (χ2n) is 5.84. The Morgan fingerprint density at radius 3 is 2.32 bits per heavy atom. The molecule has 2 aromatic carbocycles. The van der Waals surface area contributed by atoms with Gasteiger partial charge in [-0.15, -0.1) is 0 Å². The van der Waals surface area contributed by atoms with Gasteiger partial charge in [-0.2, -0.15) is 0 Å². The summed E-state index contributed by atoms with van der Waals surface area (Å²) in [6.45, 7) is 3.51. The van der Waals surface area contributed by atoms with Crippen LogP contribution in [-0.2, 0) is 14.3 Å². The van der Waals surface area contributed by atoms with Crippen molar-refractivity contribution in [1.29, 1.82) is 0 Å². The fourth-order valence-electron chi connectivity index (χ4n) is 2.43. The summed E-state index contributed by atoms with van der Waals surface area (Å²) in [7, 11) is 1.53. The number of methoxy groups -OCH3 is 1. The molecule has 0 unspecified atom stereocenters. The zero-order chi connectivity index (χ0) is 18.2. The Bertz CT molecular complexity index is 715. The normalized spacial score (nSPS) is 12.8. The quantitative estimate of drug-likeness (QED) is 0.779. The van der Waals surface area contributed by atoms with Crippen LogP contribution in [0.1, 0.15) is 31.7 Å². The molecule has 25 heavy (non-hydrogen) atoms. The lowest BCUT2D eigenvalue weighted by atomic mass is 9.98. The smallest absolute Gasteiger partial charge is 0.307 e. The number of anilines is 1. The minimum Gasteiger partial charge on any atom is -0.495 e. The number of amides is 1. The SMILES string of the molecule is COc1ccccc1NC(=O)[C@@H](C)OC(=O)C[C@@H](C)c1ccccc1. The fraction of sp³-hybridized carbons (Fsp3) is 0.300. The minimum absolute atomic E-state index is 0.0261. The molecule has 0 aliphatic heterocycles. The van der Waals surface area contributed by atoms with Crippen LogP contribution in [0.15, 0.2) is 54.6 Å². The summed E-state index contributed by atoms with van der Waals surface area (Å²) in [6.07, 6.45) is -0.670. The Kier molecular flexibility index (Phi) is 6.57. The zero-order valence-electron chi connectivity index (χ0n) is 14.7. The number of hydrogen-bond acceptors (Lipinski definition) is 4. The molecule has 0 heterocycles. The molecule has 0 aromatic heterocycles. The average molecular weight is 341 g/mol. The number of rotatable bonds is 7. The van der Waals surface area contributed by atoms with E-state index in [1.165, 1.54) is 7.11 Å². The Labute approximate surface area is 148 Å². The second kappa shape index (κ2) is 8.87. The summed E-state index contributed by atoms with van der Waals surface area (Å²) in [5, 5.41) is 2.71. The molecule has 5 nitrogen and oxygen atoms in total. The molecule has 2 rings (SSSR count). The highest BCUT2D eigenvalue weighted by molar-refractivity contribution is 5.96. The molecule has 0 saturated carbocycles. The van der Waals surface area contributed by atoms with Gasteiger partial charge in [-0.25, -0.2) is 0 Å². The first-order chi connectivity index (χ1) is 12.0. The molecule has 1 N–H and O–H groups in total. The van der Waals surface area contributed by atoms with Crippen LogP contribution < -0.4 is 10.1 Å². The third-order valence-electron chi connectivity index (χ3n) is 3.88. The van der Waals surface area contributed by atoms with E-state index < -0.39 is 18.0 Å². The predicted octanol–water partition coefficient (Wildman–Crippen LogP) is 3.76. The van der Waals surface area contributed by atoms with Crippen LogP contribution in [0.5, 0.6) is 5.75 Å². The van der Waals surface area contributed by atoms with Gasteiger partial charge < -0.3 is 14.8 Å². The standard InChI is InChI=1S/C20H23NO4/c1-14(16-9-5-4-6-10-16)13-19(22)25-15(2)20(23)21-17-11-7-8-12-18(17)24-3/h4-12,14-15H,13H2,1-3H3,(H,21,23)/t14-,15-/m1/s1. The lowest BCUT2D eigenvalue weighted by Gasteiger charge is -2.16. The molecule has 132 valence electrons. The molecule has 0 saturated heterocycles. The lowest BCUT2D eigenvalue weighted by Crippen LogP contribution is -2.30. The summed E-state index contributed by atoms with van der Waals surface area (Å²) in [4.78, 5) is 24.3. The van der Waals surface area contributed by atoms with Gasteiger partial charge in [-0.1, -0.05) is 49.4 Å². The van der Waals surface area contributed by atoms with E-state index in [9.17, 15) is 9.59 Å². The number of nitrogens with one attached hydrogen (secondary N) is 1. The van der Waals surface area contributed by atoms with Gasteiger partial charge in [0.2, 0.25) is 0 Å². The molecule has 1 amide bonds. The number of carbonyl (C=O) groups excluding carboxylic acids is 2. The van der Waals surface area contributed by atoms with E-state index in [4.69, 9.17) is 9.47 Å². The first-order valence-electron chi connectivity index (χ1n) is 8.19. The van der Waals surface area contributed by atoms with Crippen molar-refractivity contribution >= 4 is 17.6 Å². The number of ether oxygens (including phenoxy) is 2. The molecular weight excluding hydrogens is 318 g/mol. The zero-order valence-corrected chi connectivity index (χ0v) is 14.7. The second-order valence-corrected chi connectivity index (χ2v) is 5.84. The third kappa shape index (κ3) is 5.35. The molecule has 5 heteroatoms. The maximum absolute atomic E-state index is 12.2. The van der Waals surface area contributed by atoms with Gasteiger partial charge in [0.15, 0.2) is 6.10 Å². The van der Waals surface area contributed by atoms with E-state index in [1.807, 2.05) is 43.3 Å². The molecule has 0 bridgehead atoms. The Hall–Kier alpha value is -2.82. The van der Waals surface area contributed by atoms with Crippen LogP contribution in [0, 0.1) is 0 Å². The van der Waals surface area contributed by atoms with Gasteiger partial charge >= 0.3 is 5.97 Å². The molecule has 0 aliphatic carbocycles. The summed E-state index contributed by atoms with van der Waals surface area (Å²) >= 11 is 0. The van der Waals surface area contributed by atoms with Crippen LogP contribution in [0.25, 0.3) is 0 Å². The Balaban J connectivity index is 1.89. The summed E-state index contributed by atoms with van der Waals surface area (Å²) in [6, 6.07) is 16.8. The van der Waals surface area contributed by atoms with Crippen molar-refractivity contribution in [2.24, 2.45) is 0 Å². The summed E-state index contributed by atoms with van der Waals surface area (Å²) in [5.41, 5.74) is 1.60. The van der Waals surface area contributed by atoms with E-state index in [0.29, 0.717) is 11.4 Å². The minimum atomic E-state index is -0.889. The van der Waals surface area contributed by atoms with Crippen LogP contribution in [-0.4, -0.2) is 25.1 Å². The monoisotopic (exact) mass is 341 g/mol. The maximum atomic E-state index is 12.2. The van der Waals surface area contributed by atoms with Crippen LogP contribution in [0.2, 0.25) is 0 Å². The predicted molar refractivity (Wildman–Crippen MR) is 96.7 cm³/mol. The van der Waals surface area contributed by atoms with E-state index in [1.54, 1.807) is 25.1 Å². The summed E-state index contributed by atoms with van der Waals surface area (Å²) in [5.74, 6) is -0.227. The van der Waals surface area contributed by atoms with E-state index >= 15 is 0 Å².